The molecule has 0 bridgehead atoms. The van der Waals surface area contributed by atoms with Gasteiger partial charge in [0.15, 0.2) is 5.78 Å². The monoisotopic (exact) mass is 514 g/mol. The highest BCUT2D eigenvalue weighted by atomic mass is 35.5. The molecule has 2 aliphatic carbocycles. The zero-order valence-electron chi connectivity index (χ0n) is 20.5. The van der Waals surface area contributed by atoms with E-state index in [1.165, 1.54) is 11.3 Å². The lowest BCUT2D eigenvalue weighted by Crippen LogP contribution is -2.55. The molecule has 1 saturated heterocycles. The van der Waals surface area contributed by atoms with Crippen molar-refractivity contribution in [2.75, 3.05) is 6.54 Å². The number of thiophene rings is 1. The number of rotatable bonds is 5. The fourth-order valence-electron chi connectivity index (χ4n) is 5.76. The number of carbonyl (C=O) groups excluding carboxylic acids is 3. The minimum Gasteiger partial charge on any atom is -0.339 e. The Morgan fingerprint density at radius 3 is 2.46 bits per heavy atom. The van der Waals surface area contributed by atoms with Crippen molar-refractivity contribution in [3.63, 3.8) is 0 Å². The summed E-state index contributed by atoms with van der Waals surface area (Å²) in [6, 6.07) is 12.7. The van der Waals surface area contributed by atoms with Crippen molar-refractivity contribution in [2.45, 2.75) is 76.3 Å². The van der Waals surface area contributed by atoms with E-state index in [1.807, 2.05) is 56.3 Å². The third-order valence-corrected chi connectivity index (χ3v) is 9.07. The lowest BCUT2D eigenvalue weighted by molar-refractivity contribution is -0.140. The van der Waals surface area contributed by atoms with Gasteiger partial charge in [0.1, 0.15) is 6.04 Å². The molecule has 1 N–H and O–H groups in total. The maximum Gasteiger partial charge on any atom is 0.262 e. The van der Waals surface area contributed by atoms with E-state index in [2.05, 4.69) is 5.32 Å². The van der Waals surface area contributed by atoms with Crippen molar-refractivity contribution in [3.05, 3.63) is 47.3 Å². The summed E-state index contributed by atoms with van der Waals surface area (Å²) in [4.78, 5) is 42.9. The van der Waals surface area contributed by atoms with E-state index in [4.69, 9.17) is 11.6 Å². The van der Waals surface area contributed by atoms with Crippen LogP contribution >= 0.6 is 22.9 Å². The normalized spacial score (nSPS) is 24.9. The van der Waals surface area contributed by atoms with E-state index in [1.54, 1.807) is 4.90 Å². The van der Waals surface area contributed by atoms with Gasteiger partial charge >= 0.3 is 0 Å². The van der Waals surface area contributed by atoms with Gasteiger partial charge in [0, 0.05) is 23.8 Å². The molecule has 1 aromatic carbocycles. The quantitative estimate of drug-likeness (QED) is 0.504. The van der Waals surface area contributed by atoms with Crippen LogP contribution in [-0.2, 0) is 9.59 Å². The van der Waals surface area contributed by atoms with E-state index in [0.717, 1.165) is 49.0 Å². The van der Waals surface area contributed by atoms with Crippen LogP contribution in [0.4, 0.5) is 0 Å². The molecule has 2 saturated carbocycles. The number of hydrogen-bond donors (Lipinski definition) is 1. The van der Waals surface area contributed by atoms with Gasteiger partial charge in [0.05, 0.1) is 16.3 Å². The zero-order valence-corrected chi connectivity index (χ0v) is 22.1. The molecule has 2 amide bonds. The van der Waals surface area contributed by atoms with Gasteiger partial charge in [-0.1, -0.05) is 63.4 Å². The molecule has 2 aromatic rings. The summed E-state index contributed by atoms with van der Waals surface area (Å²) in [6.45, 7) is 4.39. The zero-order chi connectivity index (χ0) is 24.9. The third kappa shape index (κ3) is 5.49. The summed E-state index contributed by atoms with van der Waals surface area (Å²) < 4.78 is 0. The van der Waals surface area contributed by atoms with Gasteiger partial charge in [-0.15, -0.1) is 22.9 Å². The van der Waals surface area contributed by atoms with Crippen LogP contribution in [0.25, 0.3) is 10.4 Å². The third-order valence-electron chi connectivity index (χ3n) is 7.48. The molecule has 1 aromatic heterocycles. The Bertz CT molecular complexity index is 1030. The molecule has 0 unspecified atom stereocenters. The average molecular weight is 515 g/mol. The molecular formula is C28H35ClN2O3S. The van der Waals surface area contributed by atoms with Crippen LogP contribution in [0.15, 0.2) is 42.5 Å². The number of Topliss-reactive ketones (excluding diaryl/α,β-unsaturated/α-hetero) is 1. The van der Waals surface area contributed by atoms with Gasteiger partial charge in [-0.05, 0) is 42.9 Å². The fraction of sp³-hybridized carbons (Fsp3) is 0.536. The van der Waals surface area contributed by atoms with Crippen molar-refractivity contribution in [1.82, 2.24) is 10.2 Å². The first-order chi connectivity index (χ1) is 17.0. The number of likely N-dealkylation sites (tertiary alicyclic amines) is 1. The summed E-state index contributed by atoms with van der Waals surface area (Å²) in [7, 11) is 0. The number of fused-ring (bicyclic) bond motifs is 1. The number of ketones is 1. The number of alkyl halides is 1. The Morgan fingerprint density at radius 1 is 1.03 bits per heavy atom. The highest BCUT2D eigenvalue weighted by Crippen LogP contribution is 2.40. The van der Waals surface area contributed by atoms with E-state index in [9.17, 15) is 14.4 Å². The smallest absolute Gasteiger partial charge is 0.262 e. The number of carbonyl (C=O) groups is 3. The first kappa shape index (κ1) is 25.9. The van der Waals surface area contributed by atoms with Crippen molar-refractivity contribution in [3.8, 4) is 10.4 Å². The summed E-state index contributed by atoms with van der Waals surface area (Å²) in [6.07, 6.45) is 6.34. The summed E-state index contributed by atoms with van der Waals surface area (Å²) in [5, 5.41) is 2.88. The molecule has 5 rings (SSSR count). The van der Waals surface area contributed by atoms with E-state index in [-0.39, 0.29) is 34.8 Å². The number of nitrogens with one attached hydrogen (secondary N) is 1. The molecule has 5 nitrogen and oxygen atoms in total. The highest BCUT2D eigenvalue weighted by molar-refractivity contribution is 7.17. The molecule has 0 spiro atoms. The predicted octanol–water partition coefficient (Wildman–Crippen LogP) is 5.92. The van der Waals surface area contributed by atoms with Gasteiger partial charge in [-0.3, -0.25) is 14.4 Å². The van der Waals surface area contributed by atoms with Crippen LogP contribution in [-0.4, -0.2) is 46.5 Å². The second-order valence-electron chi connectivity index (χ2n) is 9.50. The van der Waals surface area contributed by atoms with Crippen molar-refractivity contribution < 1.29 is 14.4 Å². The Morgan fingerprint density at radius 2 is 1.74 bits per heavy atom. The summed E-state index contributed by atoms with van der Waals surface area (Å²) in [5.74, 6) is -0.119. The highest BCUT2D eigenvalue weighted by Gasteiger charge is 2.52. The van der Waals surface area contributed by atoms with E-state index < -0.39 is 12.1 Å². The van der Waals surface area contributed by atoms with Crippen LogP contribution in [0.5, 0.6) is 0 Å². The summed E-state index contributed by atoms with van der Waals surface area (Å²) >= 11 is 7.97. The lowest BCUT2D eigenvalue weighted by Gasteiger charge is -2.34. The van der Waals surface area contributed by atoms with Gasteiger partial charge in [-0.2, -0.15) is 0 Å². The van der Waals surface area contributed by atoms with Crippen LogP contribution in [0.2, 0.25) is 0 Å². The number of benzene rings is 1. The van der Waals surface area contributed by atoms with Crippen molar-refractivity contribution in [2.24, 2.45) is 11.8 Å². The minimum absolute atomic E-state index is 0.0385. The maximum absolute atomic E-state index is 13.8. The predicted molar refractivity (Wildman–Crippen MR) is 142 cm³/mol. The molecule has 188 valence electrons. The molecular weight excluding hydrogens is 480 g/mol. The van der Waals surface area contributed by atoms with Gasteiger partial charge in [-0.25, -0.2) is 0 Å². The van der Waals surface area contributed by atoms with E-state index >= 15 is 0 Å². The number of nitrogens with zero attached hydrogens (tertiary/aromatic N) is 1. The van der Waals surface area contributed by atoms with Crippen LogP contribution < -0.4 is 5.32 Å². The molecule has 4 atom stereocenters. The van der Waals surface area contributed by atoms with Crippen LogP contribution in [0, 0.1) is 11.8 Å². The van der Waals surface area contributed by atoms with Crippen LogP contribution in [0.3, 0.4) is 0 Å². The largest absolute Gasteiger partial charge is 0.339 e. The molecule has 3 aliphatic rings. The number of amides is 2. The van der Waals surface area contributed by atoms with Crippen molar-refractivity contribution in [1.29, 1.82) is 0 Å². The Labute approximate surface area is 217 Å². The number of halogens is 1. The van der Waals surface area contributed by atoms with E-state index in [0.29, 0.717) is 17.8 Å². The first-order valence-corrected chi connectivity index (χ1v) is 14.2. The molecule has 0 radical (unpaired) electrons. The van der Waals surface area contributed by atoms with Crippen molar-refractivity contribution >= 4 is 40.5 Å². The number of hydrogen-bond acceptors (Lipinski definition) is 4. The second-order valence-corrected chi connectivity index (χ2v) is 11.1. The first-order valence-electron chi connectivity index (χ1n) is 13.0. The molecule has 3 fully saturated rings. The molecule has 1 aliphatic heterocycles. The second kappa shape index (κ2) is 11.7. The molecule has 35 heavy (non-hydrogen) atoms. The lowest BCUT2D eigenvalue weighted by atomic mass is 9.83. The molecule has 2 heterocycles. The Hall–Kier alpha value is -2.18. The Kier molecular flexibility index (Phi) is 8.66. The van der Waals surface area contributed by atoms with Gasteiger partial charge < -0.3 is 10.2 Å². The molecule has 7 heteroatoms. The maximum atomic E-state index is 13.8. The standard InChI is InChI=1S/C26H29ClN2O3S.C2H6/c27-19-15-29(24-18(19)11-12-20(24)30)26(32)23(17-9-5-2-6-10-17)28-25(31)22-14-13-21(33-22)16-7-3-1-4-8-16;1-2/h1,3-4,7-8,13-14,17-19,23-24H,2,5-6,9-12,15H2,(H,28,31);1-2H3/t18-,19+,23+,24+;/m1./s1. The topological polar surface area (TPSA) is 66.5 Å². The average Bonchev–Trinajstić information content (AvgIpc) is 3.62. The van der Waals surface area contributed by atoms with Crippen LogP contribution in [0.1, 0.15) is 68.5 Å². The van der Waals surface area contributed by atoms with Gasteiger partial charge in [0.2, 0.25) is 5.91 Å². The summed E-state index contributed by atoms with van der Waals surface area (Å²) in [5.41, 5.74) is 1.07. The SMILES string of the molecule is CC.O=C(N[C@H](C(=O)N1C[C@H](Cl)[C@H]2CCC(=O)[C@H]21)C1CCCCC1)c1ccc(-c2ccccc2)s1. The fourth-order valence-corrected chi connectivity index (χ4v) is 7.09. The van der Waals surface area contributed by atoms with Gasteiger partial charge in [0.25, 0.3) is 5.91 Å². The minimum atomic E-state index is -0.615. The Balaban J connectivity index is 0.00000141.